The second-order valence-corrected chi connectivity index (χ2v) is 7.08. The van der Waals surface area contributed by atoms with Gasteiger partial charge >= 0.3 is 6.03 Å². The first kappa shape index (κ1) is 17.0. The van der Waals surface area contributed by atoms with Crippen LogP contribution in [0.15, 0.2) is 18.2 Å². The molecule has 0 radical (unpaired) electrons. The summed E-state index contributed by atoms with van der Waals surface area (Å²) in [5, 5.41) is 0. The highest BCUT2D eigenvalue weighted by atomic mass is 19.1. The fraction of sp³-hybridized carbons (Fsp3) is 0.611. The number of ether oxygens (including phenoxy) is 1. The number of piperidine rings is 1. The standard InChI is InChI=1S/C18H26FN3O2/c1-20(2)18(23)22-11-14-4-6-15(12-22)21(10-14)9-13-5-7-16(19)17(8-13)24-3/h5,7-8,14-15H,4,6,9-12H2,1-3H3/t14-,15-/m0/s1. The molecular formula is C18H26FN3O2. The number of amides is 2. The van der Waals surface area contributed by atoms with Gasteiger partial charge in [0.2, 0.25) is 0 Å². The summed E-state index contributed by atoms with van der Waals surface area (Å²) < 4.78 is 18.7. The maximum absolute atomic E-state index is 13.6. The van der Waals surface area contributed by atoms with Crippen molar-refractivity contribution in [3.05, 3.63) is 29.6 Å². The van der Waals surface area contributed by atoms with Gasteiger partial charge in [0.1, 0.15) is 0 Å². The normalized spacial score (nSPS) is 23.9. The summed E-state index contributed by atoms with van der Waals surface area (Å²) in [5.41, 5.74) is 1.05. The number of fused-ring (bicyclic) bond motifs is 4. The number of hydrogen-bond donors (Lipinski definition) is 0. The van der Waals surface area contributed by atoms with E-state index < -0.39 is 0 Å². The van der Waals surface area contributed by atoms with Crippen LogP contribution in [0.2, 0.25) is 0 Å². The Labute approximate surface area is 143 Å². The van der Waals surface area contributed by atoms with Crippen LogP contribution in [-0.4, -0.2) is 67.6 Å². The predicted octanol–water partition coefficient (Wildman–Crippen LogP) is 2.41. The second kappa shape index (κ2) is 6.97. The molecule has 0 aromatic heterocycles. The molecule has 3 heterocycles. The molecule has 24 heavy (non-hydrogen) atoms. The van der Waals surface area contributed by atoms with Crippen LogP contribution in [0.3, 0.4) is 0 Å². The fourth-order valence-electron chi connectivity index (χ4n) is 3.85. The Kier molecular flexibility index (Phi) is 4.94. The molecule has 0 aliphatic carbocycles. The van der Waals surface area contributed by atoms with Crippen molar-refractivity contribution in [1.82, 2.24) is 14.7 Å². The lowest BCUT2D eigenvalue weighted by atomic mass is 9.94. The van der Waals surface area contributed by atoms with E-state index in [4.69, 9.17) is 4.74 Å². The minimum Gasteiger partial charge on any atom is -0.494 e. The van der Waals surface area contributed by atoms with Crippen molar-refractivity contribution in [2.24, 2.45) is 5.92 Å². The predicted molar refractivity (Wildman–Crippen MR) is 90.5 cm³/mol. The summed E-state index contributed by atoms with van der Waals surface area (Å²) >= 11 is 0. The quantitative estimate of drug-likeness (QED) is 0.851. The van der Waals surface area contributed by atoms with Crippen molar-refractivity contribution in [3.8, 4) is 5.75 Å². The molecule has 0 N–H and O–H groups in total. The summed E-state index contributed by atoms with van der Waals surface area (Å²) in [5.74, 6) is 0.466. The minimum atomic E-state index is -0.332. The van der Waals surface area contributed by atoms with Gasteiger partial charge in [0.15, 0.2) is 11.6 Å². The van der Waals surface area contributed by atoms with Gasteiger partial charge < -0.3 is 14.5 Å². The highest BCUT2D eigenvalue weighted by molar-refractivity contribution is 5.74. The van der Waals surface area contributed by atoms with E-state index in [0.717, 1.165) is 38.2 Å². The van der Waals surface area contributed by atoms with E-state index in [9.17, 15) is 9.18 Å². The van der Waals surface area contributed by atoms with Crippen LogP contribution >= 0.6 is 0 Å². The van der Waals surface area contributed by atoms with Gasteiger partial charge in [-0.25, -0.2) is 9.18 Å². The van der Waals surface area contributed by atoms with E-state index in [0.29, 0.717) is 12.0 Å². The first-order valence-corrected chi connectivity index (χ1v) is 8.50. The number of carbonyl (C=O) groups is 1. The van der Waals surface area contributed by atoms with E-state index in [1.807, 2.05) is 11.0 Å². The average Bonchev–Trinajstić information content (AvgIpc) is 2.87. The third-order valence-corrected chi connectivity index (χ3v) is 5.08. The van der Waals surface area contributed by atoms with Crippen LogP contribution in [0.5, 0.6) is 5.75 Å². The molecule has 0 spiro atoms. The number of halogens is 1. The number of benzene rings is 1. The summed E-state index contributed by atoms with van der Waals surface area (Å²) in [4.78, 5) is 18.4. The van der Waals surface area contributed by atoms with Crippen LogP contribution in [0.25, 0.3) is 0 Å². The van der Waals surface area contributed by atoms with Crippen LogP contribution in [0.4, 0.5) is 9.18 Å². The third-order valence-electron chi connectivity index (χ3n) is 5.08. The smallest absolute Gasteiger partial charge is 0.319 e. The van der Waals surface area contributed by atoms with Crippen molar-refractivity contribution < 1.29 is 13.9 Å². The van der Waals surface area contributed by atoms with Crippen molar-refractivity contribution in [3.63, 3.8) is 0 Å². The van der Waals surface area contributed by atoms with Gasteiger partial charge in [-0.15, -0.1) is 0 Å². The Bertz CT molecular complexity index is 608. The van der Waals surface area contributed by atoms with E-state index in [1.54, 1.807) is 25.1 Å². The molecule has 3 aliphatic rings. The van der Waals surface area contributed by atoms with Crippen molar-refractivity contribution in [1.29, 1.82) is 0 Å². The Morgan fingerprint density at radius 2 is 2.08 bits per heavy atom. The molecule has 6 heteroatoms. The lowest BCUT2D eigenvalue weighted by Gasteiger charge is -2.36. The molecule has 4 rings (SSSR count). The van der Waals surface area contributed by atoms with Gasteiger partial charge in [0.05, 0.1) is 7.11 Å². The Hall–Kier alpha value is -1.82. The molecule has 3 aliphatic heterocycles. The van der Waals surface area contributed by atoms with Crippen molar-refractivity contribution >= 4 is 6.03 Å². The third kappa shape index (κ3) is 3.48. The second-order valence-electron chi connectivity index (χ2n) is 7.08. The van der Waals surface area contributed by atoms with Gasteiger partial charge in [-0.1, -0.05) is 6.07 Å². The first-order valence-electron chi connectivity index (χ1n) is 8.50. The summed E-state index contributed by atoms with van der Waals surface area (Å²) in [6, 6.07) is 5.52. The largest absolute Gasteiger partial charge is 0.494 e. The van der Waals surface area contributed by atoms with E-state index in [-0.39, 0.29) is 17.6 Å². The Morgan fingerprint density at radius 3 is 2.79 bits per heavy atom. The van der Waals surface area contributed by atoms with Gasteiger partial charge in [0, 0.05) is 46.3 Å². The van der Waals surface area contributed by atoms with Crippen LogP contribution in [0, 0.1) is 11.7 Å². The monoisotopic (exact) mass is 335 g/mol. The number of carbonyl (C=O) groups excluding carboxylic acids is 1. The zero-order valence-electron chi connectivity index (χ0n) is 14.7. The molecule has 2 amide bonds. The molecule has 0 saturated carbocycles. The van der Waals surface area contributed by atoms with Gasteiger partial charge in [-0.05, 0) is 36.5 Å². The fourth-order valence-corrected chi connectivity index (χ4v) is 3.85. The van der Waals surface area contributed by atoms with E-state index in [1.165, 1.54) is 19.6 Å². The number of rotatable bonds is 3. The lowest BCUT2D eigenvalue weighted by molar-refractivity contribution is 0.122. The highest BCUT2D eigenvalue weighted by Crippen LogP contribution is 2.30. The van der Waals surface area contributed by atoms with Crippen molar-refractivity contribution in [2.75, 3.05) is 40.8 Å². The Morgan fingerprint density at radius 1 is 1.29 bits per heavy atom. The zero-order chi connectivity index (χ0) is 17.3. The number of methoxy groups -OCH3 is 1. The maximum atomic E-state index is 13.6. The van der Waals surface area contributed by atoms with Gasteiger partial charge in [-0.2, -0.15) is 0 Å². The van der Waals surface area contributed by atoms with Crippen LogP contribution in [0.1, 0.15) is 18.4 Å². The van der Waals surface area contributed by atoms with E-state index >= 15 is 0 Å². The van der Waals surface area contributed by atoms with Crippen molar-refractivity contribution in [2.45, 2.75) is 25.4 Å². The zero-order valence-corrected chi connectivity index (χ0v) is 14.7. The summed E-state index contributed by atoms with van der Waals surface area (Å²) in [6.07, 6.45) is 2.28. The highest BCUT2D eigenvalue weighted by Gasteiger charge is 2.36. The molecule has 2 atom stereocenters. The van der Waals surface area contributed by atoms with Crippen LogP contribution in [-0.2, 0) is 6.54 Å². The van der Waals surface area contributed by atoms with Crippen LogP contribution < -0.4 is 4.74 Å². The lowest BCUT2D eigenvalue weighted by Crippen LogP contribution is -2.45. The molecule has 3 fully saturated rings. The Balaban J connectivity index is 1.73. The van der Waals surface area contributed by atoms with E-state index in [2.05, 4.69) is 4.90 Å². The number of hydrogen-bond acceptors (Lipinski definition) is 3. The molecule has 2 bridgehead atoms. The molecule has 1 aromatic rings. The topological polar surface area (TPSA) is 36.0 Å². The van der Waals surface area contributed by atoms with Gasteiger partial charge in [-0.3, -0.25) is 4.90 Å². The molecular weight excluding hydrogens is 309 g/mol. The molecule has 1 aromatic carbocycles. The number of nitrogens with zero attached hydrogens (tertiary/aromatic N) is 3. The first-order chi connectivity index (χ1) is 11.5. The molecule has 0 unspecified atom stereocenters. The summed E-state index contributed by atoms with van der Waals surface area (Å²) in [6.45, 7) is 3.35. The molecule has 5 nitrogen and oxygen atoms in total. The SMILES string of the molecule is COc1cc(CN2C[C@@H]3CC[C@H]2CN(C(=O)N(C)C)C3)ccc1F. The van der Waals surface area contributed by atoms with Gasteiger partial charge in [0.25, 0.3) is 0 Å². The number of urea groups is 1. The average molecular weight is 335 g/mol. The maximum Gasteiger partial charge on any atom is 0.319 e. The molecule has 3 saturated heterocycles. The molecule has 132 valence electrons. The summed E-state index contributed by atoms with van der Waals surface area (Å²) in [7, 11) is 5.09. The minimum absolute atomic E-state index is 0.0946.